The molecule has 2 aromatic rings. The maximum atomic E-state index is 14.5. The lowest BCUT2D eigenvalue weighted by Gasteiger charge is -2.15. The summed E-state index contributed by atoms with van der Waals surface area (Å²) in [6.45, 7) is 10.8. The summed E-state index contributed by atoms with van der Waals surface area (Å²) < 4.78 is 14.5. The number of rotatable bonds is 7. The standard InChI is InChI=1S/C24H29FN2O3/c1-13(2)26-22-8-7-18(12-21(22)25)20-11-14(3)19(9-15(20)4)10-16(5)23(28)27-17(6)24(29)30/h7-13,17,26H,1-6H3,(H,27,28)(H,29,30)/t17-/m1/s1. The fourth-order valence-electron chi connectivity index (χ4n) is 3.09. The van der Waals surface area contributed by atoms with E-state index in [2.05, 4.69) is 10.6 Å². The van der Waals surface area contributed by atoms with Crippen LogP contribution in [-0.2, 0) is 9.59 Å². The summed E-state index contributed by atoms with van der Waals surface area (Å²) in [5, 5.41) is 14.5. The number of nitrogens with one attached hydrogen (secondary N) is 2. The number of carboxylic acids is 1. The zero-order valence-corrected chi connectivity index (χ0v) is 18.3. The largest absolute Gasteiger partial charge is 0.480 e. The molecular weight excluding hydrogens is 383 g/mol. The number of amides is 1. The molecule has 0 aromatic heterocycles. The fraction of sp³-hybridized carbons (Fsp3) is 0.333. The number of carboxylic acid groups (broad SMARTS) is 1. The Morgan fingerprint density at radius 3 is 2.30 bits per heavy atom. The molecule has 0 aliphatic heterocycles. The van der Waals surface area contributed by atoms with Gasteiger partial charge < -0.3 is 15.7 Å². The normalized spacial score (nSPS) is 12.6. The van der Waals surface area contributed by atoms with Gasteiger partial charge in [-0.3, -0.25) is 9.59 Å². The topological polar surface area (TPSA) is 78.4 Å². The van der Waals surface area contributed by atoms with Gasteiger partial charge in [0, 0.05) is 11.6 Å². The van der Waals surface area contributed by atoms with Crippen molar-refractivity contribution in [2.24, 2.45) is 0 Å². The highest BCUT2D eigenvalue weighted by Gasteiger charge is 2.15. The SMILES string of the molecule is CC(=Cc1cc(C)c(-c2ccc(NC(C)C)c(F)c2)cc1C)C(=O)N[C@H](C)C(=O)O. The predicted octanol–water partition coefficient (Wildman–Crippen LogP) is 4.92. The van der Waals surface area contributed by atoms with Gasteiger partial charge in [-0.25, -0.2) is 4.39 Å². The molecule has 0 fully saturated rings. The van der Waals surface area contributed by atoms with Crippen LogP contribution in [0.4, 0.5) is 10.1 Å². The molecule has 5 nitrogen and oxygen atoms in total. The molecule has 0 bridgehead atoms. The molecule has 0 unspecified atom stereocenters. The molecule has 0 aliphatic carbocycles. The monoisotopic (exact) mass is 412 g/mol. The molecule has 0 heterocycles. The molecular formula is C24H29FN2O3. The summed E-state index contributed by atoms with van der Waals surface area (Å²) in [7, 11) is 0. The van der Waals surface area contributed by atoms with Gasteiger partial charge in [0.2, 0.25) is 5.91 Å². The molecule has 1 atom stereocenters. The summed E-state index contributed by atoms with van der Waals surface area (Å²) in [5.41, 5.74) is 5.31. The van der Waals surface area contributed by atoms with Gasteiger partial charge in [-0.1, -0.05) is 18.2 Å². The van der Waals surface area contributed by atoms with E-state index in [0.29, 0.717) is 11.3 Å². The van der Waals surface area contributed by atoms with Crippen molar-refractivity contribution in [3.63, 3.8) is 0 Å². The number of hydrogen-bond acceptors (Lipinski definition) is 3. The minimum atomic E-state index is -1.09. The van der Waals surface area contributed by atoms with Crippen LogP contribution in [0.3, 0.4) is 0 Å². The van der Waals surface area contributed by atoms with Crippen LogP contribution in [0.15, 0.2) is 35.9 Å². The molecule has 0 radical (unpaired) electrons. The quantitative estimate of drug-likeness (QED) is 0.564. The van der Waals surface area contributed by atoms with E-state index in [9.17, 15) is 14.0 Å². The van der Waals surface area contributed by atoms with Gasteiger partial charge in [0.1, 0.15) is 11.9 Å². The van der Waals surface area contributed by atoms with Crippen LogP contribution in [0.1, 0.15) is 44.4 Å². The summed E-state index contributed by atoms with van der Waals surface area (Å²) in [4.78, 5) is 23.1. The van der Waals surface area contributed by atoms with E-state index >= 15 is 0 Å². The van der Waals surface area contributed by atoms with Crippen molar-refractivity contribution in [3.8, 4) is 11.1 Å². The van der Waals surface area contributed by atoms with Gasteiger partial charge in [-0.15, -0.1) is 0 Å². The van der Waals surface area contributed by atoms with Gasteiger partial charge in [-0.05, 0) is 87.6 Å². The maximum absolute atomic E-state index is 14.5. The second-order valence-corrected chi connectivity index (χ2v) is 7.88. The number of aliphatic carboxylic acids is 1. The van der Waals surface area contributed by atoms with Crippen molar-refractivity contribution in [2.45, 2.75) is 53.6 Å². The molecule has 2 rings (SSSR count). The molecule has 1 amide bonds. The highest BCUT2D eigenvalue weighted by molar-refractivity contribution is 5.99. The first-order valence-corrected chi connectivity index (χ1v) is 9.89. The zero-order valence-electron chi connectivity index (χ0n) is 18.3. The van der Waals surface area contributed by atoms with Crippen LogP contribution in [0.2, 0.25) is 0 Å². The fourth-order valence-corrected chi connectivity index (χ4v) is 3.09. The van der Waals surface area contributed by atoms with Crippen molar-refractivity contribution in [1.82, 2.24) is 5.32 Å². The van der Waals surface area contributed by atoms with Crippen LogP contribution in [0.5, 0.6) is 0 Å². The Morgan fingerprint density at radius 1 is 1.07 bits per heavy atom. The van der Waals surface area contributed by atoms with Crippen LogP contribution >= 0.6 is 0 Å². The van der Waals surface area contributed by atoms with Gasteiger partial charge in [0.25, 0.3) is 0 Å². The molecule has 30 heavy (non-hydrogen) atoms. The Balaban J connectivity index is 2.32. The Labute approximate surface area is 177 Å². The third-order valence-corrected chi connectivity index (χ3v) is 4.79. The number of carbonyl (C=O) groups excluding carboxylic acids is 1. The molecule has 0 aliphatic rings. The van der Waals surface area contributed by atoms with Gasteiger partial charge in [0.05, 0.1) is 5.69 Å². The highest BCUT2D eigenvalue weighted by Crippen LogP contribution is 2.30. The summed E-state index contributed by atoms with van der Waals surface area (Å²) in [6, 6.07) is 8.24. The van der Waals surface area contributed by atoms with Crippen LogP contribution in [0, 0.1) is 19.7 Å². The predicted molar refractivity (Wildman–Crippen MR) is 119 cm³/mol. The summed E-state index contributed by atoms with van der Waals surface area (Å²) in [5.74, 6) is -1.82. The van der Waals surface area contributed by atoms with Crippen molar-refractivity contribution in [2.75, 3.05) is 5.32 Å². The van der Waals surface area contributed by atoms with E-state index in [0.717, 1.165) is 27.8 Å². The van der Waals surface area contributed by atoms with Crippen LogP contribution < -0.4 is 10.6 Å². The first-order valence-electron chi connectivity index (χ1n) is 9.89. The van der Waals surface area contributed by atoms with E-state index in [4.69, 9.17) is 5.11 Å². The van der Waals surface area contributed by atoms with Crippen molar-refractivity contribution in [1.29, 1.82) is 0 Å². The number of hydrogen-bond donors (Lipinski definition) is 3. The zero-order chi connectivity index (χ0) is 22.6. The van der Waals surface area contributed by atoms with Gasteiger partial charge in [-0.2, -0.15) is 0 Å². The number of carbonyl (C=O) groups is 2. The third-order valence-electron chi connectivity index (χ3n) is 4.79. The third kappa shape index (κ3) is 5.69. The lowest BCUT2D eigenvalue weighted by atomic mass is 9.94. The van der Waals surface area contributed by atoms with E-state index in [1.165, 1.54) is 13.0 Å². The molecule has 3 N–H and O–H groups in total. The Morgan fingerprint density at radius 2 is 1.73 bits per heavy atom. The van der Waals surface area contributed by atoms with Crippen LogP contribution in [-0.4, -0.2) is 29.1 Å². The Bertz CT molecular complexity index is 996. The van der Waals surface area contributed by atoms with Gasteiger partial charge >= 0.3 is 5.97 Å². The maximum Gasteiger partial charge on any atom is 0.325 e. The van der Waals surface area contributed by atoms with Gasteiger partial charge in [0.15, 0.2) is 0 Å². The van der Waals surface area contributed by atoms with Crippen molar-refractivity contribution in [3.05, 3.63) is 58.4 Å². The lowest BCUT2D eigenvalue weighted by Crippen LogP contribution is -2.38. The van der Waals surface area contributed by atoms with E-state index in [1.807, 2.05) is 45.9 Å². The first-order chi connectivity index (χ1) is 14.0. The number of benzene rings is 2. The summed E-state index contributed by atoms with van der Waals surface area (Å²) in [6.07, 6.45) is 1.73. The minimum absolute atomic E-state index is 0.138. The van der Waals surface area contributed by atoms with Crippen molar-refractivity contribution >= 4 is 23.6 Å². The second kappa shape index (κ2) is 9.57. The van der Waals surface area contributed by atoms with Crippen LogP contribution in [0.25, 0.3) is 17.2 Å². The average molecular weight is 413 g/mol. The molecule has 0 spiro atoms. The Kier molecular flexibility index (Phi) is 7.38. The summed E-state index contributed by atoms with van der Waals surface area (Å²) >= 11 is 0. The highest BCUT2D eigenvalue weighted by atomic mass is 19.1. The minimum Gasteiger partial charge on any atom is -0.480 e. The van der Waals surface area contributed by atoms with Crippen molar-refractivity contribution < 1.29 is 19.1 Å². The van der Waals surface area contributed by atoms with E-state index < -0.39 is 17.9 Å². The molecule has 6 heteroatoms. The van der Waals surface area contributed by atoms with E-state index in [1.54, 1.807) is 19.1 Å². The second-order valence-electron chi connectivity index (χ2n) is 7.88. The average Bonchev–Trinajstić information content (AvgIpc) is 2.65. The number of aryl methyl sites for hydroxylation is 2. The Hall–Kier alpha value is -3.15. The first kappa shape index (κ1) is 23.1. The number of anilines is 1. The molecule has 0 saturated carbocycles. The molecule has 160 valence electrons. The molecule has 2 aromatic carbocycles. The van der Waals surface area contributed by atoms with E-state index in [-0.39, 0.29) is 11.9 Å². The number of halogens is 1. The molecule has 0 saturated heterocycles. The lowest BCUT2D eigenvalue weighted by molar-refractivity contribution is -0.140. The smallest absolute Gasteiger partial charge is 0.325 e.